The normalized spacial score (nSPS) is 19.6. The highest BCUT2D eigenvalue weighted by Crippen LogP contribution is 2.32. The third kappa shape index (κ3) is 1.77. The fourth-order valence-electron chi connectivity index (χ4n) is 1.46. The highest BCUT2D eigenvalue weighted by molar-refractivity contribution is 6.29. The zero-order valence-electron chi connectivity index (χ0n) is 6.73. The molecule has 0 amide bonds. The van der Waals surface area contributed by atoms with Gasteiger partial charge in [0.2, 0.25) is 0 Å². The van der Waals surface area contributed by atoms with Crippen LogP contribution in [0.25, 0.3) is 0 Å². The maximum atomic E-state index is 12.9. The number of hydrogen-bond donors (Lipinski definition) is 0. The lowest BCUT2D eigenvalue weighted by atomic mass is 9.94. The Labute approximate surface area is 78.9 Å². The minimum atomic E-state index is -2.61. The molecule has 0 aliphatic heterocycles. The molecule has 0 saturated heterocycles. The minimum absolute atomic E-state index is 0.143. The molecular weight excluding hydrogens is 198 g/mol. The molecule has 5 heteroatoms. The lowest BCUT2D eigenvalue weighted by Crippen LogP contribution is -2.26. The van der Waals surface area contributed by atoms with E-state index in [-0.39, 0.29) is 24.4 Å². The van der Waals surface area contributed by atoms with Gasteiger partial charge >= 0.3 is 0 Å². The molecule has 0 radical (unpaired) electrons. The van der Waals surface area contributed by atoms with Gasteiger partial charge in [-0.25, -0.2) is 8.78 Å². The van der Waals surface area contributed by atoms with Gasteiger partial charge in [0, 0.05) is 12.8 Å². The summed E-state index contributed by atoms with van der Waals surface area (Å²) in [6, 6.07) is 1.47. The minimum Gasteiger partial charge on any atom is -0.207 e. The second-order valence-corrected chi connectivity index (χ2v) is 3.56. The molecule has 1 aromatic heterocycles. The Kier molecular flexibility index (Phi) is 1.95. The summed E-state index contributed by atoms with van der Waals surface area (Å²) in [6.45, 7) is 0. The number of aromatic nitrogens is 2. The maximum Gasteiger partial charge on any atom is 0.252 e. The molecular formula is C8H7ClF2N2. The Morgan fingerprint density at radius 2 is 2.15 bits per heavy atom. The van der Waals surface area contributed by atoms with Crippen LogP contribution in [0.5, 0.6) is 0 Å². The van der Waals surface area contributed by atoms with Crippen molar-refractivity contribution in [2.45, 2.75) is 25.2 Å². The van der Waals surface area contributed by atoms with Crippen LogP contribution in [0.1, 0.15) is 17.7 Å². The van der Waals surface area contributed by atoms with Gasteiger partial charge in [-0.15, -0.1) is 5.10 Å². The van der Waals surface area contributed by atoms with Crippen molar-refractivity contribution >= 4 is 11.6 Å². The molecule has 0 N–H and O–H groups in total. The summed E-state index contributed by atoms with van der Waals surface area (Å²) < 4.78 is 25.8. The van der Waals surface area contributed by atoms with Gasteiger partial charge in [0.1, 0.15) is 0 Å². The number of hydrogen-bond acceptors (Lipinski definition) is 2. The Balaban J connectivity index is 2.38. The molecule has 0 spiro atoms. The van der Waals surface area contributed by atoms with Crippen LogP contribution < -0.4 is 0 Å². The molecule has 13 heavy (non-hydrogen) atoms. The number of nitrogens with zero attached hydrogens (tertiary/aromatic N) is 2. The van der Waals surface area contributed by atoms with E-state index >= 15 is 0 Å². The van der Waals surface area contributed by atoms with Crippen LogP contribution in [0, 0.1) is 0 Å². The standard InChI is InChI=1S/C8H7ClF2N2/c9-7-3-5-4-8(10,11)2-1-6(5)12-13-7/h3H,1-2,4H2. The number of rotatable bonds is 0. The molecule has 1 aliphatic rings. The van der Waals surface area contributed by atoms with Crippen LogP contribution in [-0.4, -0.2) is 16.1 Å². The van der Waals surface area contributed by atoms with Crippen LogP contribution in [0.15, 0.2) is 6.07 Å². The zero-order valence-corrected chi connectivity index (χ0v) is 7.48. The Morgan fingerprint density at radius 1 is 1.38 bits per heavy atom. The SMILES string of the molecule is FC1(F)CCc2nnc(Cl)cc2C1. The second kappa shape index (κ2) is 2.87. The van der Waals surface area contributed by atoms with Crippen LogP contribution in [0.2, 0.25) is 5.15 Å². The first kappa shape index (κ1) is 8.81. The van der Waals surface area contributed by atoms with Crippen molar-refractivity contribution in [1.29, 1.82) is 0 Å². The van der Waals surface area contributed by atoms with E-state index in [2.05, 4.69) is 10.2 Å². The summed E-state index contributed by atoms with van der Waals surface area (Å²) in [7, 11) is 0. The number of halogens is 3. The van der Waals surface area contributed by atoms with Gasteiger partial charge in [0.15, 0.2) is 5.15 Å². The van der Waals surface area contributed by atoms with Gasteiger partial charge in [0.05, 0.1) is 5.69 Å². The maximum absolute atomic E-state index is 12.9. The summed E-state index contributed by atoms with van der Waals surface area (Å²) in [5, 5.41) is 7.56. The van der Waals surface area contributed by atoms with E-state index in [0.29, 0.717) is 11.3 Å². The molecule has 0 atom stereocenters. The smallest absolute Gasteiger partial charge is 0.207 e. The number of fused-ring (bicyclic) bond motifs is 1. The molecule has 0 bridgehead atoms. The van der Waals surface area contributed by atoms with Crippen LogP contribution in [0.4, 0.5) is 8.78 Å². The fraction of sp³-hybridized carbons (Fsp3) is 0.500. The van der Waals surface area contributed by atoms with E-state index < -0.39 is 5.92 Å². The van der Waals surface area contributed by atoms with Crippen LogP contribution in [0.3, 0.4) is 0 Å². The predicted molar refractivity (Wildman–Crippen MR) is 44.0 cm³/mol. The van der Waals surface area contributed by atoms with Gasteiger partial charge in [-0.1, -0.05) is 11.6 Å². The quantitative estimate of drug-likeness (QED) is 0.648. The van der Waals surface area contributed by atoms with Crippen molar-refractivity contribution in [3.63, 3.8) is 0 Å². The van der Waals surface area contributed by atoms with Gasteiger partial charge in [-0.05, 0) is 18.1 Å². The van der Waals surface area contributed by atoms with E-state index in [4.69, 9.17) is 11.6 Å². The molecule has 0 saturated carbocycles. The van der Waals surface area contributed by atoms with E-state index in [1.165, 1.54) is 6.07 Å². The largest absolute Gasteiger partial charge is 0.252 e. The lowest BCUT2D eigenvalue weighted by molar-refractivity contribution is -0.0129. The van der Waals surface area contributed by atoms with Gasteiger partial charge < -0.3 is 0 Å². The van der Waals surface area contributed by atoms with Gasteiger partial charge in [0.25, 0.3) is 5.92 Å². The third-order valence-corrected chi connectivity index (χ3v) is 2.29. The van der Waals surface area contributed by atoms with E-state index in [1.807, 2.05) is 0 Å². The zero-order chi connectivity index (χ0) is 9.47. The summed E-state index contributed by atoms with van der Waals surface area (Å²) in [5.74, 6) is -2.61. The van der Waals surface area contributed by atoms with Crippen molar-refractivity contribution in [3.8, 4) is 0 Å². The first-order valence-electron chi connectivity index (χ1n) is 3.96. The number of alkyl halides is 2. The van der Waals surface area contributed by atoms with Crippen molar-refractivity contribution < 1.29 is 8.78 Å². The summed E-state index contributed by atoms with van der Waals surface area (Å²) in [6.07, 6.45) is -0.125. The molecule has 1 heterocycles. The molecule has 2 nitrogen and oxygen atoms in total. The van der Waals surface area contributed by atoms with E-state index in [0.717, 1.165) is 0 Å². The van der Waals surface area contributed by atoms with Gasteiger partial charge in [-0.3, -0.25) is 0 Å². The van der Waals surface area contributed by atoms with E-state index in [1.54, 1.807) is 0 Å². The van der Waals surface area contributed by atoms with E-state index in [9.17, 15) is 8.78 Å². The van der Waals surface area contributed by atoms with Crippen molar-refractivity contribution in [1.82, 2.24) is 10.2 Å². The number of aryl methyl sites for hydroxylation is 1. The Morgan fingerprint density at radius 3 is 2.92 bits per heavy atom. The Hall–Kier alpha value is -0.770. The fourth-order valence-corrected chi connectivity index (χ4v) is 1.63. The summed E-state index contributed by atoms with van der Waals surface area (Å²) in [4.78, 5) is 0. The highest BCUT2D eigenvalue weighted by atomic mass is 35.5. The average Bonchev–Trinajstić information content (AvgIpc) is 2.01. The molecule has 0 fully saturated rings. The third-order valence-electron chi connectivity index (χ3n) is 2.11. The first-order chi connectivity index (χ1) is 6.07. The monoisotopic (exact) mass is 204 g/mol. The molecule has 1 aliphatic carbocycles. The van der Waals surface area contributed by atoms with Crippen molar-refractivity contribution in [2.24, 2.45) is 0 Å². The second-order valence-electron chi connectivity index (χ2n) is 3.17. The topological polar surface area (TPSA) is 25.8 Å². The van der Waals surface area contributed by atoms with Crippen molar-refractivity contribution in [2.75, 3.05) is 0 Å². The molecule has 1 aromatic rings. The summed E-state index contributed by atoms with van der Waals surface area (Å²) >= 11 is 5.55. The lowest BCUT2D eigenvalue weighted by Gasteiger charge is -2.22. The summed E-state index contributed by atoms with van der Waals surface area (Å²) in [5.41, 5.74) is 1.17. The van der Waals surface area contributed by atoms with Crippen LogP contribution in [-0.2, 0) is 12.8 Å². The van der Waals surface area contributed by atoms with Crippen LogP contribution >= 0.6 is 11.6 Å². The predicted octanol–water partition coefficient (Wildman–Crippen LogP) is 2.25. The molecule has 0 unspecified atom stereocenters. The molecule has 70 valence electrons. The van der Waals surface area contributed by atoms with Gasteiger partial charge in [-0.2, -0.15) is 5.10 Å². The van der Waals surface area contributed by atoms with Crippen molar-refractivity contribution in [3.05, 3.63) is 22.5 Å². The molecule has 2 rings (SSSR count). The highest BCUT2D eigenvalue weighted by Gasteiger charge is 2.34. The Bertz CT molecular complexity index is 341. The molecule has 0 aromatic carbocycles. The average molecular weight is 205 g/mol. The first-order valence-corrected chi connectivity index (χ1v) is 4.33.